The highest BCUT2D eigenvalue weighted by Gasteiger charge is 2.25. The van der Waals surface area contributed by atoms with E-state index in [1.54, 1.807) is 9.80 Å². The number of rotatable bonds is 3. The fourth-order valence-corrected chi connectivity index (χ4v) is 3.00. The van der Waals surface area contributed by atoms with E-state index in [1.165, 1.54) is 0 Å². The lowest BCUT2D eigenvalue weighted by atomic mass is 10.0. The average molecular weight is 323 g/mol. The van der Waals surface area contributed by atoms with Crippen LogP contribution in [-0.4, -0.2) is 37.9 Å². The van der Waals surface area contributed by atoms with E-state index in [1.807, 2.05) is 67.5 Å². The highest BCUT2D eigenvalue weighted by molar-refractivity contribution is 5.99. The van der Waals surface area contributed by atoms with Crippen molar-refractivity contribution >= 4 is 23.7 Å². The van der Waals surface area contributed by atoms with Crippen LogP contribution in [0.25, 0.3) is 0 Å². The molecule has 0 saturated carbocycles. The largest absolute Gasteiger partial charge is 0.309 e. The lowest BCUT2D eigenvalue weighted by molar-refractivity contribution is -0.119. The van der Waals surface area contributed by atoms with Crippen LogP contribution in [0.4, 0.5) is 11.4 Å². The summed E-state index contributed by atoms with van der Waals surface area (Å²) in [5.41, 5.74) is 3.65. The van der Waals surface area contributed by atoms with Crippen LogP contribution >= 0.6 is 0 Å². The maximum atomic E-state index is 12.8. The molecule has 2 amide bonds. The van der Waals surface area contributed by atoms with Crippen LogP contribution in [0.5, 0.6) is 0 Å². The second-order valence-electron chi connectivity index (χ2n) is 6.21. The number of hydrogen-bond acceptors (Lipinski definition) is 3. The molecule has 0 radical (unpaired) electrons. The Hall–Kier alpha value is -2.66. The minimum Gasteiger partial charge on any atom is -0.309 e. The van der Waals surface area contributed by atoms with Crippen molar-refractivity contribution in [3.05, 3.63) is 59.7 Å². The first-order valence-corrected chi connectivity index (χ1v) is 7.93. The van der Waals surface area contributed by atoms with Gasteiger partial charge < -0.3 is 14.7 Å². The van der Waals surface area contributed by atoms with Gasteiger partial charge in [0.15, 0.2) is 0 Å². The Labute approximate surface area is 142 Å². The van der Waals surface area contributed by atoms with Crippen LogP contribution in [0.2, 0.25) is 0 Å². The molecule has 2 aromatic rings. The smallest absolute Gasteiger partial charge is 0.241 e. The quantitative estimate of drug-likeness (QED) is 0.814. The third-order valence-corrected chi connectivity index (χ3v) is 4.15. The average Bonchev–Trinajstić information content (AvgIpc) is 2.56. The molecule has 0 bridgehead atoms. The molecule has 0 fully saturated rings. The zero-order valence-electron chi connectivity index (χ0n) is 14.0. The summed E-state index contributed by atoms with van der Waals surface area (Å²) in [5, 5.41) is 0. The zero-order chi connectivity index (χ0) is 17.1. The van der Waals surface area contributed by atoms with Crippen molar-refractivity contribution in [2.75, 3.05) is 30.4 Å². The van der Waals surface area contributed by atoms with Gasteiger partial charge in [-0.3, -0.25) is 9.59 Å². The second kappa shape index (κ2) is 6.84. The molecule has 0 atom stereocenters. The van der Waals surface area contributed by atoms with E-state index in [4.69, 9.17) is 0 Å². The summed E-state index contributed by atoms with van der Waals surface area (Å²) in [7, 11) is 3.75. The van der Waals surface area contributed by atoms with Gasteiger partial charge in [0.05, 0.1) is 31.0 Å². The third kappa shape index (κ3) is 3.16. The minimum atomic E-state index is 0.00926. The van der Waals surface area contributed by atoms with E-state index in [2.05, 4.69) is 0 Å². The van der Waals surface area contributed by atoms with Gasteiger partial charge in [-0.05, 0) is 37.4 Å². The Morgan fingerprint density at radius 1 is 1.00 bits per heavy atom. The number of fused-ring (bicyclic) bond motifs is 2. The molecule has 5 heteroatoms. The third-order valence-electron chi connectivity index (χ3n) is 4.15. The van der Waals surface area contributed by atoms with Crippen molar-refractivity contribution in [1.82, 2.24) is 4.90 Å². The Morgan fingerprint density at radius 2 is 1.58 bits per heavy atom. The second-order valence-corrected chi connectivity index (χ2v) is 6.21. The normalized spacial score (nSPS) is 13.8. The number of carbonyl (C=O) groups is 2. The molecular formula is C19H21N3O2. The summed E-state index contributed by atoms with van der Waals surface area (Å²) in [6.45, 7) is 1.33. The monoisotopic (exact) mass is 323 g/mol. The summed E-state index contributed by atoms with van der Waals surface area (Å²) < 4.78 is 0. The highest BCUT2D eigenvalue weighted by atomic mass is 16.2. The van der Waals surface area contributed by atoms with Gasteiger partial charge in [0.2, 0.25) is 12.3 Å². The molecule has 24 heavy (non-hydrogen) atoms. The first-order chi connectivity index (χ1) is 11.6. The molecule has 0 spiro atoms. The number of anilines is 2. The van der Waals surface area contributed by atoms with Crippen LogP contribution in [0.3, 0.4) is 0 Å². The van der Waals surface area contributed by atoms with Crippen molar-refractivity contribution < 1.29 is 9.59 Å². The van der Waals surface area contributed by atoms with Gasteiger partial charge in [0.25, 0.3) is 0 Å². The number of hydrogen-bond donors (Lipinski definition) is 0. The maximum absolute atomic E-state index is 12.8. The molecule has 0 N–H and O–H groups in total. The van der Waals surface area contributed by atoms with Gasteiger partial charge in [-0.1, -0.05) is 36.4 Å². The molecule has 0 aliphatic carbocycles. The molecule has 0 unspecified atom stereocenters. The fraction of sp³-hybridized carbons (Fsp3) is 0.263. The summed E-state index contributed by atoms with van der Waals surface area (Å²) in [6.07, 6.45) is 0.829. The van der Waals surface area contributed by atoms with E-state index in [0.717, 1.165) is 28.9 Å². The Balaban J connectivity index is 2.11. The van der Waals surface area contributed by atoms with Crippen LogP contribution in [0.15, 0.2) is 48.5 Å². The summed E-state index contributed by atoms with van der Waals surface area (Å²) in [4.78, 5) is 29.8. The predicted octanol–water partition coefficient (Wildman–Crippen LogP) is 2.26. The van der Waals surface area contributed by atoms with Gasteiger partial charge in [-0.15, -0.1) is 0 Å². The van der Waals surface area contributed by atoms with Gasteiger partial charge in [-0.2, -0.15) is 0 Å². The van der Waals surface area contributed by atoms with Crippen molar-refractivity contribution in [3.8, 4) is 0 Å². The number of carbonyl (C=O) groups excluding carboxylic acids is 2. The minimum absolute atomic E-state index is 0.00926. The summed E-state index contributed by atoms with van der Waals surface area (Å²) >= 11 is 0. The molecule has 5 nitrogen and oxygen atoms in total. The maximum Gasteiger partial charge on any atom is 0.241 e. The van der Waals surface area contributed by atoms with Crippen LogP contribution in [-0.2, 0) is 22.7 Å². The van der Waals surface area contributed by atoms with Crippen molar-refractivity contribution in [2.45, 2.75) is 13.1 Å². The number of benzene rings is 2. The predicted molar refractivity (Wildman–Crippen MR) is 94.9 cm³/mol. The molecule has 1 aliphatic heterocycles. The van der Waals surface area contributed by atoms with E-state index in [9.17, 15) is 9.59 Å². The van der Waals surface area contributed by atoms with Crippen molar-refractivity contribution in [3.63, 3.8) is 0 Å². The van der Waals surface area contributed by atoms with Crippen LogP contribution < -0.4 is 9.80 Å². The molecule has 2 aromatic carbocycles. The zero-order valence-corrected chi connectivity index (χ0v) is 14.0. The highest BCUT2D eigenvalue weighted by Crippen LogP contribution is 2.34. The SMILES string of the molecule is CN(C)CC(=O)N1Cc2ccccc2CN(C=O)c2ccccc21. The van der Waals surface area contributed by atoms with Gasteiger partial charge in [0, 0.05) is 0 Å². The van der Waals surface area contributed by atoms with Crippen LogP contribution in [0, 0.1) is 0 Å². The summed E-state index contributed by atoms with van der Waals surface area (Å²) in [5.74, 6) is 0.00926. The van der Waals surface area contributed by atoms with Crippen LogP contribution in [0.1, 0.15) is 11.1 Å². The number of para-hydroxylation sites is 2. The van der Waals surface area contributed by atoms with E-state index in [-0.39, 0.29) is 5.91 Å². The Kier molecular flexibility index (Phi) is 4.62. The molecule has 0 saturated heterocycles. The van der Waals surface area contributed by atoms with E-state index in [0.29, 0.717) is 19.6 Å². The lowest BCUT2D eigenvalue weighted by Crippen LogP contribution is -2.40. The molecule has 1 aliphatic rings. The van der Waals surface area contributed by atoms with Gasteiger partial charge in [0.1, 0.15) is 0 Å². The Morgan fingerprint density at radius 3 is 2.21 bits per heavy atom. The summed E-state index contributed by atoms with van der Waals surface area (Å²) in [6, 6.07) is 15.5. The number of amides is 2. The van der Waals surface area contributed by atoms with E-state index >= 15 is 0 Å². The fourth-order valence-electron chi connectivity index (χ4n) is 3.00. The Bertz CT molecular complexity index is 758. The van der Waals surface area contributed by atoms with Crippen molar-refractivity contribution in [2.24, 2.45) is 0 Å². The van der Waals surface area contributed by atoms with Crippen molar-refractivity contribution in [1.29, 1.82) is 0 Å². The standard InChI is InChI=1S/C19H21N3O2/c1-20(2)13-19(24)22-12-16-8-4-3-7-15(16)11-21(14-23)17-9-5-6-10-18(17)22/h3-10,14H,11-13H2,1-2H3. The molecule has 3 rings (SSSR count). The van der Waals surface area contributed by atoms with E-state index < -0.39 is 0 Å². The first-order valence-electron chi connectivity index (χ1n) is 7.93. The number of nitrogens with zero attached hydrogens (tertiary/aromatic N) is 3. The molecule has 1 heterocycles. The lowest BCUT2D eigenvalue weighted by Gasteiger charge is -2.33. The van der Waals surface area contributed by atoms with Gasteiger partial charge in [-0.25, -0.2) is 0 Å². The number of likely N-dealkylation sites (N-methyl/N-ethyl adjacent to an activating group) is 1. The first kappa shape index (κ1) is 16.2. The molecule has 0 aromatic heterocycles. The van der Waals surface area contributed by atoms with Gasteiger partial charge >= 0.3 is 0 Å². The molecule has 124 valence electrons. The topological polar surface area (TPSA) is 43.9 Å². The molecular weight excluding hydrogens is 302 g/mol.